The van der Waals surface area contributed by atoms with E-state index in [0.717, 1.165) is 0 Å². The highest BCUT2D eigenvalue weighted by molar-refractivity contribution is 6.32. The largest absolute Gasteiger partial charge is 0.495 e. The SMILES string of the molecule is COc1cc(-c2ncc[nH]2)c(F)cc1Cl. The van der Waals surface area contributed by atoms with Crippen molar-refractivity contribution in [2.75, 3.05) is 7.11 Å². The monoisotopic (exact) mass is 226 g/mol. The lowest BCUT2D eigenvalue weighted by molar-refractivity contribution is 0.414. The number of halogens is 2. The van der Waals surface area contributed by atoms with Crippen LogP contribution in [0.1, 0.15) is 0 Å². The van der Waals surface area contributed by atoms with Crippen LogP contribution in [0.5, 0.6) is 5.75 Å². The molecule has 0 atom stereocenters. The number of H-pyrrole nitrogens is 1. The van der Waals surface area contributed by atoms with Gasteiger partial charge < -0.3 is 9.72 Å². The van der Waals surface area contributed by atoms with Gasteiger partial charge >= 0.3 is 0 Å². The third kappa shape index (κ3) is 1.80. The highest BCUT2D eigenvalue weighted by atomic mass is 35.5. The number of rotatable bonds is 2. The van der Waals surface area contributed by atoms with Gasteiger partial charge in [0, 0.05) is 12.4 Å². The van der Waals surface area contributed by atoms with E-state index in [1.54, 1.807) is 12.4 Å². The molecule has 1 N–H and O–H groups in total. The van der Waals surface area contributed by atoms with E-state index in [1.165, 1.54) is 19.2 Å². The number of imidazole rings is 1. The molecular weight excluding hydrogens is 219 g/mol. The molecule has 0 bridgehead atoms. The Labute approximate surface area is 90.9 Å². The van der Waals surface area contributed by atoms with Gasteiger partial charge in [0.2, 0.25) is 0 Å². The zero-order chi connectivity index (χ0) is 10.8. The van der Waals surface area contributed by atoms with Crippen LogP contribution in [0.2, 0.25) is 5.02 Å². The number of hydrogen-bond donors (Lipinski definition) is 1. The predicted molar refractivity (Wildman–Crippen MR) is 55.5 cm³/mol. The fraction of sp³-hybridized carbons (Fsp3) is 0.100. The van der Waals surface area contributed by atoms with Gasteiger partial charge in [-0.25, -0.2) is 9.37 Å². The fourth-order valence-electron chi connectivity index (χ4n) is 1.28. The van der Waals surface area contributed by atoms with Crippen LogP contribution in [-0.4, -0.2) is 17.1 Å². The first kappa shape index (κ1) is 9.98. The molecule has 0 fully saturated rings. The zero-order valence-electron chi connectivity index (χ0n) is 7.92. The summed E-state index contributed by atoms with van der Waals surface area (Å²) in [5.41, 5.74) is 0.334. The lowest BCUT2D eigenvalue weighted by Crippen LogP contribution is -1.91. The average molecular weight is 227 g/mol. The summed E-state index contributed by atoms with van der Waals surface area (Å²) in [5, 5.41) is 0.241. The smallest absolute Gasteiger partial charge is 0.140 e. The molecule has 15 heavy (non-hydrogen) atoms. The molecule has 0 radical (unpaired) electrons. The molecule has 0 aliphatic rings. The lowest BCUT2D eigenvalue weighted by Gasteiger charge is -2.06. The molecule has 1 aromatic carbocycles. The standard InChI is InChI=1S/C10H8ClFN2O/c1-15-9-4-6(8(12)5-7(9)11)10-13-2-3-14-10/h2-5H,1H3,(H,13,14). The second kappa shape index (κ2) is 3.90. The molecule has 0 unspecified atom stereocenters. The van der Waals surface area contributed by atoms with Crippen molar-refractivity contribution >= 4 is 11.6 Å². The number of benzene rings is 1. The Hall–Kier alpha value is -1.55. The summed E-state index contributed by atoms with van der Waals surface area (Å²) in [6.45, 7) is 0. The zero-order valence-corrected chi connectivity index (χ0v) is 8.68. The second-order valence-corrected chi connectivity index (χ2v) is 3.31. The van der Waals surface area contributed by atoms with Crippen LogP contribution in [0.25, 0.3) is 11.4 Å². The first-order valence-corrected chi connectivity index (χ1v) is 4.63. The van der Waals surface area contributed by atoms with Crippen molar-refractivity contribution in [3.63, 3.8) is 0 Å². The first-order chi connectivity index (χ1) is 7.22. The van der Waals surface area contributed by atoms with Crippen LogP contribution in [-0.2, 0) is 0 Å². The Bertz CT molecular complexity index is 471. The molecule has 78 valence electrons. The molecule has 2 rings (SSSR count). The van der Waals surface area contributed by atoms with Crippen molar-refractivity contribution in [3.05, 3.63) is 35.4 Å². The molecule has 0 saturated heterocycles. The van der Waals surface area contributed by atoms with Crippen LogP contribution >= 0.6 is 11.6 Å². The van der Waals surface area contributed by atoms with Gasteiger partial charge in [0.25, 0.3) is 0 Å². The average Bonchev–Trinajstić information content (AvgIpc) is 2.71. The summed E-state index contributed by atoms with van der Waals surface area (Å²) in [7, 11) is 1.48. The molecule has 3 nitrogen and oxygen atoms in total. The number of methoxy groups -OCH3 is 1. The van der Waals surface area contributed by atoms with E-state index in [4.69, 9.17) is 16.3 Å². The van der Waals surface area contributed by atoms with Crippen molar-refractivity contribution in [2.24, 2.45) is 0 Å². The van der Waals surface area contributed by atoms with E-state index in [-0.39, 0.29) is 5.02 Å². The predicted octanol–water partition coefficient (Wildman–Crippen LogP) is 2.88. The molecule has 0 spiro atoms. The molecule has 0 saturated carbocycles. The van der Waals surface area contributed by atoms with Crippen LogP contribution in [0.15, 0.2) is 24.5 Å². The van der Waals surface area contributed by atoms with Gasteiger partial charge in [-0.2, -0.15) is 0 Å². The molecular formula is C10H8ClFN2O. The first-order valence-electron chi connectivity index (χ1n) is 4.25. The van der Waals surface area contributed by atoms with Crippen molar-refractivity contribution < 1.29 is 9.13 Å². The summed E-state index contributed by atoms with van der Waals surface area (Å²) >= 11 is 5.77. The topological polar surface area (TPSA) is 37.9 Å². The molecule has 0 aliphatic heterocycles. The molecule has 0 amide bonds. The van der Waals surface area contributed by atoms with Crippen molar-refractivity contribution in [1.82, 2.24) is 9.97 Å². The normalized spacial score (nSPS) is 10.3. The maximum atomic E-state index is 13.5. The molecule has 1 heterocycles. The molecule has 2 aromatic rings. The van der Waals surface area contributed by atoms with Crippen LogP contribution < -0.4 is 4.74 Å². The van der Waals surface area contributed by atoms with E-state index in [0.29, 0.717) is 17.1 Å². The summed E-state index contributed by atoms with van der Waals surface area (Å²) in [5.74, 6) is 0.433. The van der Waals surface area contributed by atoms with E-state index in [1.807, 2.05) is 0 Å². The van der Waals surface area contributed by atoms with Crippen molar-refractivity contribution in [3.8, 4) is 17.1 Å². The Morgan fingerprint density at radius 2 is 2.27 bits per heavy atom. The highest BCUT2D eigenvalue weighted by Gasteiger charge is 2.12. The third-order valence-corrected chi connectivity index (χ3v) is 2.29. The Morgan fingerprint density at radius 1 is 1.47 bits per heavy atom. The summed E-state index contributed by atoms with van der Waals surface area (Å²) in [6, 6.07) is 2.72. The van der Waals surface area contributed by atoms with E-state index in [2.05, 4.69) is 9.97 Å². The maximum Gasteiger partial charge on any atom is 0.140 e. The van der Waals surface area contributed by atoms with Gasteiger partial charge in [-0.3, -0.25) is 0 Å². The van der Waals surface area contributed by atoms with E-state index >= 15 is 0 Å². The van der Waals surface area contributed by atoms with Gasteiger partial charge in [0.15, 0.2) is 0 Å². The number of nitrogens with one attached hydrogen (secondary N) is 1. The van der Waals surface area contributed by atoms with Gasteiger partial charge in [-0.1, -0.05) is 11.6 Å². The molecule has 5 heteroatoms. The molecule has 0 aliphatic carbocycles. The number of aromatic nitrogens is 2. The quantitative estimate of drug-likeness (QED) is 0.855. The third-order valence-electron chi connectivity index (χ3n) is 1.99. The van der Waals surface area contributed by atoms with Crippen LogP contribution in [0.3, 0.4) is 0 Å². The number of ether oxygens (including phenoxy) is 1. The second-order valence-electron chi connectivity index (χ2n) is 2.90. The summed E-state index contributed by atoms with van der Waals surface area (Å²) < 4.78 is 18.5. The minimum absolute atomic E-state index is 0.241. The van der Waals surface area contributed by atoms with Gasteiger partial charge in [-0.05, 0) is 12.1 Å². The minimum Gasteiger partial charge on any atom is -0.495 e. The maximum absolute atomic E-state index is 13.5. The minimum atomic E-state index is -0.434. The lowest BCUT2D eigenvalue weighted by atomic mass is 10.2. The molecule has 1 aromatic heterocycles. The van der Waals surface area contributed by atoms with E-state index < -0.39 is 5.82 Å². The van der Waals surface area contributed by atoms with Crippen molar-refractivity contribution in [2.45, 2.75) is 0 Å². The summed E-state index contributed by atoms with van der Waals surface area (Å²) in [6.07, 6.45) is 3.17. The number of nitrogens with zero attached hydrogens (tertiary/aromatic N) is 1. The number of hydrogen-bond acceptors (Lipinski definition) is 2. The van der Waals surface area contributed by atoms with Gasteiger partial charge in [0.1, 0.15) is 17.4 Å². The van der Waals surface area contributed by atoms with Crippen molar-refractivity contribution in [1.29, 1.82) is 0 Å². The van der Waals surface area contributed by atoms with Crippen LogP contribution in [0.4, 0.5) is 4.39 Å². The number of aromatic amines is 1. The van der Waals surface area contributed by atoms with E-state index in [9.17, 15) is 4.39 Å². The Kier molecular flexibility index (Phi) is 2.60. The fourth-order valence-corrected chi connectivity index (χ4v) is 1.51. The van der Waals surface area contributed by atoms with Gasteiger partial charge in [-0.15, -0.1) is 0 Å². The summed E-state index contributed by atoms with van der Waals surface area (Å²) in [4.78, 5) is 6.77. The highest BCUT2D eigenvalue weighted by Crippen LogP contribution is 2.31. The Balaban J connectivity index is 2.57. The van der Waals surface area contributed by atoms with Gasteiger partial charge in [0.05, 0.1) is 17.7 Å². The Morgan fingerprint density at radius 3 is 2.87 bits per heavy atom. The van der Waals surface area contributed by atoms with Crippen LogP contribution in [0, 0.1) is 5.82 Å².